The fraction of sp³-hybridized carbons (Fsp3) is 0.176. The van der Waals surface area contributed by atoms with E-state index in [4.69, 9.17) is 0 Å². The van der Waals surface area contributed by atoms with Crippen LogP contribution in [0.5, 0.6) is 0 Å². The number of sulfonamides is 1. The highest BCUT2D eigenvalue weighted by molar-refractivity contribution is 7.92. The lowest BCUT2D eigenvalue weighted by Gasteiger charge is -2.21. The van der Waals surface area contributed by atoms with Crippen LogP contribution in [0.25, 0.3) is 11.1 Å². The molecule has 0 saturated heterocycles. The number of benzene rings is 1. The van der Waals surface area contributed by atoms with Crippen molar-refractivity contribution in [1.82, 2.24) is 4.98 Å². The number of hydrogen-bond donors (Lipinski definition) is 0. The molecule has 3 rings (SSSR count). The van der Waals surface area contributed by atoms with Gasteiger partial charge in [0.05, 0.1) is 11.4 Å². The molecule has 6 heteroatoms. The Hall–Kier alpha value is -2.47. The molecule has 1 aromatic heterocycles. The number of pyridine rings is 1. The zero-order valence-corrected chi connectivity index (χ0v) is 13.6. The van der Waals surface area contributed by atoms with Gasteiger partial charge in [-0.15, -0.1) is 0 Å². The standard InChI is InChI=1S/C17H17N3O2S/c1-2-11-23(21,22)20-10-9-19-13-16-12-15(3-4-17(16)20)14-5-7-18-8-6-14/h3-10,12-13H,2,11H2,1H3. The quantitative estimate of drug-likeness (QED) is 0.866. The van der Waals surface area contributed by atoms with Gasteiger partial charge < -0.3 is 0 Å². The van der Waals surface area contributed by atoms with Crippen molar-refractivity contribution in [3.63, 3.8) is 0 Å². The first-order valence-corrected chi connectivity index (χ1v) is 8.99. The summed E-state index contributed by atoms with van der Waals surface area (Å²) in [5.41, 5.74) is 3.40. The molecule has 0 atom stereocenters. The molecule has 1 aromatic carbocycles. The summed E-state index contributed by atoms with van der Waals surface area (Å²) in [6.07, 6.45) is 8.71. The molecule has 0 amide bonds. The van der Waals surface area contributed by atoms with Crippen LogP contribution in [0, 0.1) is 0 Å². The highest BCUT2D eigenvalue weighted by Crippen LogP contribution is 2.29. The maximum Gasteiger partial charge on any atom is 0.239 e. The Morgan fingerprint density at radius 3 is 2.61 bits per heavy atom. The molecule has 1 aliphatic heterocycles. The third kappa shape index (κ3) is 3.17. The van der Waals surface area contributed by atoms with Gasteiger partial charge in [0, 0.05) is 36.6 Å². The molecule has 2 aromatic rings. The Morgan fingerprint density at radius 2 is 1.87 bits per heavy atom. The van der Waals surface area contributed by atoms with E-state index in [0.717, 1.165) is 16.7 Å². The van der Waals surface area contributed by atoms with E-state index in [1.807, 2.05) is 37.3 Å². The molecular formula is C17H17N3O2S. The highest BCUT2D eigenvalue weighted by Gasteiger charge is 2.22. The molecule has 0 bridgehead atoms. The van der Waals surface area contributed by atoms with Crippen LogP contribution in [-0.4, -0.2) is 25.4 Å². The molecule has 23 heavy (non-hydrogen) atoms. The molecule has 0 fully saturated rings. The third-order valence-corrected chi connectivity index (χ3v) is 5.38. The molecule has 0 saturated carbocycles. The maximum atomic E-state index is 12.5. The van der Waals surface area contributed by atoms with Crippen LogP contribution >= 0.6 is 0 Å². The van der Waals surface area contributed by atoms with E-state index < -0.39 is 10.0 Å². The first-order valence-electron chi connectivity index (χ1n) is 7.38. The van der Waals surface area contributed by atoms with Crippen LogP contribution in [-0.2, 0) is 10.0 Å². The summed E-state index contributed by atoms with van der Waals surface area (Å²) in [6.45, 7) is 1.85. The van der Waals surface area contributed by atoms with Crippen LogP contribution in [0.2, 0.25) is 0 Å². The third-order valence-electron chi connectivity index (χ3n) is 3.54. The van der Waals surface area contributed by atoms with Crippen LogP contribution in [0.1, 0.15) is 18.9 Å². The molecule has 1 aliphatic rings. The monoisotopic (exact) mass is 327 g/mol. The van der Waals surface area contributed by atoms with E-state index in [1.54, 1.807) is 18.6 Å². The zero-order chi connectivity index (χ0) is 16.3. The van der Waals surface area contributed by atoms with Gasteiger partial charge >= 0.3 is 0 Å². The first kappa shape index (κ1) is 15.4. The average molecular weight is 327 g/mol. The van der Waals surface area contributed by atoms with Crippen LogP contribution in [0.3, 0.4) is 0 Å². The maximum absolute atomic E-state index is 12.5. The Balaban J connectivity index is 2.08. The van der Waals surface area contributed by atoms with Crippen molar-refractivity contribution < 1.29 is 8.42 Å². The fourth-order valence-corrected chi connectivity index (χ4v) is 3.90. The van der Waals surface area contributed by atoms with Crippen molar-refractivity contribution in [2.75, 3.05) is 10.1 Å². The first-order chi connectivity index (χ1) is 11.1. The molecule has 0 unspecified atom stereocenters. The topological polar surface area (TPSA) is 62.6 Å². The summed E-state index contributed by atoms with van der Waals surface area (Å²) >= 11 is 0. The Labute approximate surface area is 136 Å². The summed E-state index contributed by atoms with van der Waals surface area (Å²) in [4.78, 5) is 8.16. The molecular weight excluding hydrogens is 310 g/mol. The minimum absolute atomic E-state index is 0.100. The Morgan fingerprint density at radius 1 is 1.09 bits per heavy atom. The van der Waals surface area contributed by atoms with Gasteiger partial charge in [0.2, 0.25) is 10.0 Å². The van der Waals surface area contributed by atoms with E-state index in [-0.39, 0.29) is 5.75 Å². The fourth-order valence-electron chi connectivity index (χ4n) is 2.48. The van der Waals surface area contributed by atoms with Crippen molar-refractivity contribution in [1.29, 1.82) is 0 Å². The van der Waals surface area contributed by atoms with Crippen molar-refractivity contribution in [2.45, 2.75) is 13.3 Å². The second-order valence-electron chi connectivity index (χ2n) is 5.20. The van der Waals surface area contributed by atoms with Gasteiger partial charge in [0.15, 0.2) is 0 Å². The van der Waals surface area contributed by atoms with E-state index >= 15 is 0 Å². The highest BCUT2D eigenvalue weighted by atomic mass is 32.2. The molecule has 0 aliphatic carbocycles. The lowest BCUT2D eigenvalue weighted by atomic mass is 10.0. The zero-order valence-electron chi connectivity index (χ0n) is 12.8. The summed E-state index contributed by atoms with van der Waals surface area (Å²) in [7, 11) is -3.39. The summed E-state index contributed by atoms with van der Waals surface area (Å²) in [5, 5.41) is 0. The molecule has 118 valence electrons. The molecule has 0 N–H and O–H groups in total. The van der Waals surface area contributed by atoms with Crippen molar-refractivity contribution in [3.8, 4) is 11.1 Å². The van der Waals surface area contributed by atoms with Gasteiger partial charge in [-0.3, -0.25) is 9.98 Å². The lowest BCUT2D eigenvalue weighted by molar-refractivity contribution is 0.594. The SMILES string of the molecule is CCCS(=O)(=O)N1C=CN=Cc2cc(-c3ccncc3)ccc21. The van der Waals surface area contributed by atoms with Crippen LogP contribution < -0.4 is 4.31 Å². The Bertz CT molecular complexity index is 859. The van der Waals surface area contributed by atoms with Crippen molar-refractivity contribution in [3.05, 3.63) is 60.7 Å². The number of hydrogen-bond acceptors (Lipinski definition) is 4. The second kappa shape index (κ2) is 6.34. The number of aromatic nitrogens is 1. The Kier molecular flexibility index (Phi) is 4.25. The van der Waals surface area contributed by atoms with E-state index in [0.29, 0.717) is 12.1 Å². The van der Waals surface area contributed by atoms with Crippen molar-refractivity contribution >= 4 is 21.9 Å². The predicted octanol–water partition coefficient (Wildman–Crippen LogP) is 3.20. The number of nitrogens with zero attached hydrogens (tertiary/aromatic N) is 3. The number of aliphatic imine (C=N–C) groups is 1. The molecule has 0 radical (unpaired) electrons. The lowest BCUT2D eigenvalue weighted by Crippen LogP contribution is -2.28. The largest absolute Gasteiger partial charge is 0.265 e. The van der Waals surface area contributed by atoms with Gasteiger partial charge in [0.25, 0.3) is 0 Å². The van der Waals surface area contributed by atoms with Gasteiger partial charge in [0.1, 0.15) is 0 Å². The predicted molar refractivity (Wildman–Crippen MR) is 93.0 cm³/mol. The summed E-state index contributed by atoms with van der Waals surface area (Å²) in [6, 6.07) is 9.50. The van der Waals surface area contributed by atoms with Crippen LogP contribution in [0.4, 0.5) is 5.69 Å². The minimum atomic E-state index is -3.39. The van der Waals surface area contributed by atoms with Gasteiger partial charge in [-0.1, -0.05) is 13.0 Å². The summed E-state index contributed by atoms with van der Waals surface area (Å²) < 4.78 is 26.2. The smallest absolute Gasteiger partial charge is 0.239 e. The minimum Gasteiger partial charge on any atom is -0.265 e. The molecule has 2 heterocycles. The van der Waals surface area contributed by atoms with Crippen LogP contribution in [0.15, 0.2) is 60.1 Å². The van der Waals surface area contributed by atoms with Crippen molar-refractivity contribution in [2.24, 2.45) is 4.99 Å². The number of rotatable bonds is 4. The molecule has 0 spiro atoms. The van der Waals surface area contributed by atoms with E-state index in [9.17, 15) is 8.42 Å². The van der Waals surface area contributed by atoms with E-state index in [1.165, 1.54) is 16.7 Å². The number of fused-ring (bicyclic) bond motifs is 1. The normalized spacial score (nSPS) is 13.7. The number of anilines is 1. The summed E-state index contributed by atoms with van der Waals surface area (Å²) in [5.74, 6) is 0.100. The van der Waals surface area contributed by atoms with Gasteiger partial charge in [-0.25, -0.2) is 12.7 Å². The average Bonchev–Trinajstić information content (AvgIpc) is 2.77. The van der Waals surface area contributed by atoms with E-state index in [2.05, 4.69) is 9.98 Å². The second-order valence-corrected chi connectivity index (χ2v) is 7.16. The van der Waals surface area contributed by atoms with Gasteiger partial charge in [-0.2, -0.15) is 0 Å². The molecule has 5 nitrogen and oxygen atoms in total. The van der Waals surface area contributed by atoms with Gasteiger partial charge in [-0.05, 0) is 41.8 Å².